The van der Waals surface area contributed by atoms with Crippen LogP contribution in [0.2, 0.25) is 0 Å². The summed E-state index contributed by atoms with van der Waals surface area (Å²) in [4.78, 5) is 29.0. The minimum absolute atomic E-state index is 0.0971. The molecule has 0 saturated carbocycles. The summed E-state index contributed by atoms with van der Waals surface area (Å²) in [6.07, 6.45) is 1.22. The number of rotatable bonds is 3. The van der Waals surface area contributed by atoms with Crippen LogP contribution in [0.4, 0.5) is 4.79 Å². The van der Waals surface area contributed by atoms with Gasteiger partial charge in [-0.25, -0.2) is 9.78 Å². The number of nitrogens with one attached hydrogen (secondary N) is 1. The zero-order valence-corrected chi connectivity index (χ0v) is 11.6. The second kappa shape index (κ2) is 6.51. The maximum atomic E-state index is 11.8. The Hall–Kier alpha value is -1.63. The van der Waals surface area contributed by atoms with Crippen molar-refractivity contribution in [3.63, 3.8) is 0 Å². The van der Waals surface area contributed by atoms with Crippen molar-refractivity contribution in [2.24, 2.45) is 0 Å². The molecule has 0 aliphatic carbocycles. The first kappa shape index (κ1) is 13.8. The van der Waals surface area contributed by atoms with Crippen LogP contribution < -0.4 is 5.32 Å². The summed E-state index contributed by atoms with van der Waals surface area (Å²) in [5, 5.41) is 4.66. The van der Waals surface area contributed by atoms with Crippen LogP contribution in [-0.2, 0) is 4.74 Å². The van der Waals surface area contributed by atoms with Crippen LogP contribution >= 0.6 is 11.3 Å². The Morgan fingerprint density at radius 3 is 2.84 bits per heavy atom. The first-order valence-corrected chi connectivity index (χ1v) is 7.25. The SMILES string of the molecule is CCOC(=O)N1CCC(NC(=O)c2cscn2)CC1. The summed E-state index contributed by atoms with van der Waals surface area (Å²) >= 11 is 1.40. The van der Waals surface area contributed by atoms with Crippen LogP contribution in [0.25, 0.3) is 0 Å². The first-order chi connectivity index (χ1) is 9.20. The number of amides is 2. The molecule has 6 nitrogen and oxygen atoms in total. The van der Waals surface area contributed by atoms with Crippen LogP contribution in [0.3, 0.4) is 0 Å². The minimum atomic E-state index is -0.272. The Labute approximate surface area is 115 Å². The van der Waals surface area contributed by atoms with Crippen LogP contribution in [-0.4, -0.2) is 47.6 Å². The van der Waals surface area contributed by atoms with E-state index in [1.54, 1.807) is 22.7 Å². The summed E-state index contributed by atoms with van der Waals surface area (Å²) in [5.41, 5.74) is 2.09. The zero-order valence-electron chi connectivity index (χ0n) is 10.8. The summed E-state index contributed by atoms with van der Waals surface area (Å²) in [5.74, 6) is -0.143. The van der Waals surface area contributed by atoms with Crippen molar-refractivity contribution in [1.82, 2.24) is 15.2 Å². The summed E-state index contributed by atoms with van der Waals surface area (Å²) in [6.45, 7) is 3.40. The standard InChI is InChI=1S/C12H17N3O3S/c1-2-18-12(17)15-5-3-9(4-6-15)14-11(16)10-7-19-8-13-10/h7-9H,2-6H2,1H3,(H,14,16). The molecule has 2 heterocycles. The van der Waals surface area contributed by atoms with Crippen molar-refractivity contribution in [1.29, 1.82) is 0 Å². The number of ether oxygens (including phenoxy) is 1. The van der Waals surface area contributed by atoms with E-state index in [0.29, 0.717) is 25.4 Å². The average molecular weight is 283 g/mol. The molecule has 1 aromatic heterocycles. The molecule has 1 fully saturated rings. The predicted molar refractivity (Wildman–Crippen MR) is 71.2 cm³/mol. The summed E-state index contributed by atoms with van der Waals surface area (Å²) in [6, 6.07) is 0.0971. The van der Waals surface area contributed by atoms with Crippen molar-refractivity contribution in [3.8, 4) is 0 Å². The summed E-state index contributed by atoms with van der Waals surface area (Å²) < 4.78 is 4.95. The lowest BCUT2D eigenvalue weighted by atomic mass is 10.1. The third-order valence-corrected chi connectivity index (χ3v) is 3.61. The van der Waals surface area contributed by atoms with Crippen molar-refractivity contribution >= 4 is 23.3 Å². The van der Waals surface area contributed by atoms with Gasteiger partial charge in [0.2, 0.25) is 0 Å². The zero-order chi connectivity index (χ0) is 13.7. The highest BCUT2D eigenvalue weighted by atomic mass is 32.1. The maximum absolute atomic E-state index is 11.8. The number of thiazole rings is 1. The molecule has 7 heteroatoms. The molecule has 1 aliphatic heterocycles. The van der Waals surface area contributed by atoms with Gasteiger partial charge in [-0.05, 0) is 19.8 Å². The van der Waals surface area contributed by atoms with Crippen molar-refractivity contribution in [2.45, 2.75) is 25.8 Å². The quantitative estimate of drug-likeness (QED) is 0.912. The summed E-state index contributed by atoms with van der Waals surface area (Å²) in [7, 11) is 0. The molecule has 0 unspecified atom stereocenters. The first-order valence-electron chi connectivity index (χ1n) is 6.31. The van der Waals surface area contributed by atoms with Gasteiger partial charge in [-0.1, -0.05) is 0 Å². The lowest BCUT2D eigenvalue weighted by Gasteiger charge is -2.31. The molecule has 1 saturated heterocycles. The normalized spacial score (nSPS) is 16.2. The van der Waals surface area contributed by atoms with Gasteiger partial charge in [0.15, 0.2) is 0 Å². The van der Waals surface area contributed by atoms with Gasteiger partial charge >= 0.3 is 6.09 Å². The van der Waals surface area contributed by atoms with Crippen LogP contribution in [0.1, 0.15) is 30.3 Å². The minimum Gasteiger partial charge on any atom is -0.450 e. The Kier molecular flexibility index (Phi) is 4.73. The number of nitrogens with zero attached hydrogens (tertiary/aromatic N) is 2. The van der Waals surface area contributed by atoms with Crippen molar-refractivity contribution in [3.05, 3.63) is 16.6 Å². The largest absolute Gasteiger partial charge is 0.450 e. The number of aromatic nitrogens is 1. The fourth-order valence-corrected chi connectivity index (χ4v) is 2.54. The third-order valence-electron chi connectivity index (χ3n) is 3.02. The smallest absolute Gasteiger partial charge is 0.409 e. The molecule has 0 bridgehead atoms. The fraction of sp³-hybridized carbons (Fsp3) is 0.583. The van der Waals surface area contributed by atoms with Gasteiger partial charge < -0.3 is 15.0 Å². The predicted octanol–water partition coefficient (Wildman–Crippen LogP) is 1.49. The Balaban J connectivity index is 1.77. The molecule has 0 atom stereocenters. The molecule has 1 aliphatic rings. The van der Waals surface area contributed by atoms with Gasteiger partial charge in [-0.3, -0.25) is 4.79 Å². The van der Waals surface area contributed by atoms with E-state index < -0.39 is 0 Å². The highest BCUT2D eigenvalue weighted by molar-refractivity contribution is 7.07. The number of carbonyl (C=O) groups is 2. The van der Waals surface area contributed by atoms with Crippen LogP contribution in [0, 0.1) is 0 Å². The molecule has 1 N–H and O–H groups in total. The lowest BCUT2D eigenvalue weighted by molar-refractivity contribution is 0.0857. The van der Waals surface area contributed by atoms with E-state index in [4.69, 9.17) is 4.74 Å². The maximum Gasteiger partial charge on any atom is 0.409 e. The van der Waals surface area contributed by atoms with E-state index in [2.05, 4.69) is 10.3 Å². The van der Waals surface area contributed by atoms with Gasteiger partial charge in [0, 0.05) is 24.5 Å². The fourth-order valence-electron chi connectivity index (χ4n) is 2.01. The van der Waals surface area contributed by atoms with E-state index in [0.717, 1.165) is 12.8 Å². The average Bonchev–Trinajstić information content (AvgIpc) is 2.94. The Bertz CT molecular complexity index is 427. The second-order valence-electron chi connectivity index (χ2n) is 4.31. The molecular weight excluding hydrogens is 266 g/mol. The van der Waals surface area contributed by atoms with Crippen molar-refractivity contribution in [2.75, 3.05) is 19.7 Å². The number of hydrogen-bond acceptors (Lipinski definition) is 5. The van der Waals surface area contributed by atoms with E-state index in [9.17, 15) is 9.59 Å². The van der Waals surface area contributed by atoms with E-state index in [1.807, 2.05) is 0 Å². The van der Waals surface area contributed by atoms with Gasteiger partial charge in [-0.15, -0.1) is 11.3 Å². The Morgan fingerprint density at radius 2 is 2.26 bits per heavy atom. The molecule has 2 rings (SSSR count). The Morgan fingerprint density at radius 1 is 1.53 bits per heavy atom. The van der Waals surface area contributed by atoms with Gasteiger partial charge in [0.25, 0.3) is 5.91 Å². The molecule has 19 heavy (non-hydrogen) atoms. The van der Waals surface area contributed by atoms with E-state index in [1.165, 1.54) is 11.3 Å². The topological polar surface area (TPSA) is 71.5 Å². The second-order valence-corrected chi connectivity index (χ2v) is 5.03. The molecule has 104 valence electrons. The number of carbonyl (C=O) groups excluding carboxylic acids is 2. The van der Waals surface area contributed by atoms with E-state index in [-0.39, 0.29) is 18.0 Å². The van der Waals surface area contributed by atoms with Gasteiger partial charge in [0.05, 0.1) is 12.1 Å². The molecule has 2 amide bonds. The molecule has 0 aromatic carbocycles. The number of likely N-dealkylation sites (tertiary alicyclic amines) is 1. The molecule has 1 aromatic rings. The third kappa shape index (κ3) is 3.66. The lowest BCUT2D eigenvalue weighted by Crippen LogP contribution is -2.46. The van der Waals surface area contributed by atoms with Crippen LogP contribution in [0.5, 0.6) is 0 Å². The van der Waals surface area contributed by atoms with Crippen molar-refractivity contribution < 1.29 is 14.3 Å². The molecule has 0 spiro atoms. The van der Waals surface area contributed by atoms with Gasteiger partial charge in [0.1, 0.15) is 5.69 Å². The highest BCUT2D eigenvalue weighted by Crippen LogP contribution is 2.12. The molecule has 0 radical (unpaired) electrons. The number of piperidine rings is 1. The van der Waals surface area contributed by atoms with E-state index >= 15 is 0 Å². The highest BCUT2D eigenvalue weighted by Gasteiger charge is 2.25. The van der Waals surface area contributed by atoms with Gasteiger partial charge in [-0.2, -0.15) is 0 Å². The molecular formula is C12H17N3O3S. The van der Waals surface area contributed by atoms with Crippen LogP contribution in [0.15, 0.2) is 10.9 Å². The monoisotopic (exact) mass is 283 g/mol. The number of hydrogen-bond donors (Lipinski definition) is 1.